The molecule has 3 atom stereocenters. The van der Waals surface area contributed by atoms with E-state index in [2.05, 4.69) is 10.2 Å². The Hall–Kier alpha value is -1.52. The van der Waals surface area contributed by atoms with E-state index in [0.29, 0.717) is 51.7 Å². The Balaban J connectivity index is 1.43. The highest BCUT2D eigenvalue weighted by atomic mass is 32.2. The number of carbonyl (C=O) groups is 1. The highest BCUT2D eigenvalue weighted by molar-refractivity contribution is 7.89. The molecule has 2 unspecified atom stereocenters. The maximum absolute atomic E-state index is 13.2. The molecule has 3 heterocycles. The molecule has 1 N–H and O–H groups in total. The fourth-order valence-corrected chi connectivity index (χ4v) is 6.47. The molecule has 8 nitrogen and oxygen atoms in total. The van der Waals surface area contributed by atoms with Crippen molar-refractivity contribution in [1.29, 1.82) is 0 Å². The van der Waals surface area contributed by atoms with E-state index in [1.165, 1.54) is 4.31 Å². The number of aryl methyl sites for hydroxylation is 1. The number of nitrogens with zero attached hydrogens (tertiary/aromatic N) is 2. The molecule has 1 amide bonds. The number of benzene rings is 1. The van der Waals surface area contributed by atoms with Crippen LogP contribution in [-0.4, -0.2) is 88.2 Å². The average Bonchev–Trinajstić information content (AvgIpc) is 3.48. The molecule has 31 heavy (non-hydrogen) atoms. The van der Waals surface area contributed by atoms with Crippen molar-refractivity contribution in [3.63, 3.8) is 0 Å². The van der Waals surface area contributed by atoms with Gasteiger partial charge in [-0.1, -0.05) is 17.7 Å². The van der Waals surface area contributed by atoms with E-state index in [-0.39, 0.29) is 16.8 Å². The summed E-state index contributed by atoms with van der Waals surface area (Å²) in [6, 6.07) is 6.33. The maximum Gasteiger partial charge on any atom is 0.243 e. The summed E-state index contributed by atoms with van der Waals surface area (Å²) in [6.45, 7) is 7.33. The SMILES string of the molecule is Cc1ccc(S(=O)(=O)N2CCC[C@H]2C(=O)NCC(C2CCOC2)N2CCOCC2)cc1. The molecule has 0 bridgehead atoms. The molecule has 9 heteroatoms. The summed E-state index contributed by atoms with van der Waals surface area (Å²) in [7, 11) is -3.70. The van der Waals surface area contributed by atoms with Crippen LogP contribution in [0.3, 0.4) is 0 Å². The van der Waals surface area contributed by atoms with E-state index in [1.807, 2.05) is 6.92 Å². The maximum atomic E-state index is 13.2. The van der Waals surface area contributed by atoms with Gasteiger partial charge in [0, 0.05) is 44.7 Å². The van der Waals surface area contributed by atoms with Gasteiger partial charge in [0.1, 0.15) is 6.04 Å². The number of morpholine rings is 1. The number of hydrogen-bond donors (Lipinski definition) is 1. The lowest BCUT2D eigenvalue weighted by Crippen LogP contribution is -2.54. The van der Waals surface area contributed by atoms with Crippen molar-refractivity contribution in [2.24, 2.45) is 5.92 Å². The quantitative estimate of drug-likeness (QED) is 0.666. The fraction of sp³-hybridized carbons (Fsp3) is 0.682. The monoisotopic (exact) mass is 451 g/mol. The molecule has 0 radical (unpaired) electrons. The lowest BCUT2D eigenvalue weighted by Gasteiger charge is -2.37. The molecule has 3 fully saturated rings. The largest absolute Gasteiger partial charge is 0.381 e. The van der Waals surface area contributed by atoms with Crippen molar-refractivity contribution in [2.45, 2.75) is 43.2 Å². The Morgan fingerprint density at radius 1 is 1.10 bits per heavy atom. The highest BCUT2D eigenvalue weighted by Gasteiger charge is 2.40. The van der Waals surface area contributed by atoms with E-state index in [1.54, 1.807) is 24.3 Å². The molecule has 0 aliphatic carbocycles. The molecule has 3 saturated heterocycles. The predicted molar refractivity (Wildman–Crippen MR) is 116 cm³/mol. The topological polar surface area (TPSA) is 88.2 Å². The standard InChI is InChI=1S/C22H33N3O5S/c1-17-4-6-19(7-5-17)31(27,28)25-9-2-3-20(25)22(26)23-15-21(18-8-12-30-16-18)24-10-13-29-14-11-24/h4-7,18,20-21H,2-3,8-16H2,1H3,(H,23,26)/t18?,20-,21?/m0/s1. The zero-order valence-corrected chi connectivity index (χ0v) is 19.0. The summed E-state index contributed by atoms with van der Waals surface area (Å²) in [4.78, 5) is 15.7. The Morgan fingerprint density at radius 2 is 1.84 bits per heavy atom. The number of carbonyl (C=O) groups excluding carboxylic acids is 1. The molecule has 1 aromatic carbocycles. The van der Waals surface area contributed by atoms with Gasteiger partial charge in [-0.15, -0.1) is 0 Å². The van der Waals surface area contributed by atoms with Crippen LogP contribution in [0.5, 0.6) is 0 Å². The van der Waals surface area contributed by atoms with Crippen LogP contribution in [0.15, 0.2) is 29.2 Å². The summed E-state index contributed by atoms with van der Waals surface area (Å²) in [5.74, 6) is 0.166. The van der Waals surface area contributed by atoms with Gasteiger partial charge in [-0.2, -0.15) is 4.31 Å². The third kappa shape index (κ3) is 5.12. The molecule has 1 aromatic rings. The second-order valence-corrected chi connectivity index (χ2v) is 10.6. The summed E-state index contributed by atoms with van der Waals surface area (Å²) in [5, 5.41) is 3.08. The first kappa shape index (κ1) is 22.7. The van der Waals surface area contributed by atoms with Gasteiger partial charge in [0.2, 0.25) is 15.9 Å². The Morgan fingerprint density at radius 3 is 2.52 bits per heavy atom. The van der Waals surface area contributed by atoms with Gasteiger partial charge in [0.05, 0.1) is 24.7 Å². The number of hydrogen-bond acceptors (Lipinski definition) is 6. The fourth-order valence-electron chi connectivity index (χ4n) is 4.82. The number of nitrogens with one attached hydrogen (secondary N) is 1. The summed E-state index contributed by atoms with van der Waals surface area (Å²) in [6.07, 6.45) is 2.22. The van der Waals surface area contributed by atoms with Crippen LogP contribution >= 0.6 is 0 Å². The minimum absolute atomic E-state index is 0.180. The van der Waals surface area contributed by atoms with Gasteiger partial charge in [0.25, 0.3) is 0 Å². The number of amides is 1. The van der Waals surface area contributed by atoms with E-state index < -0.39 is 16.1 Å². The van der Waals surface area contributed by atoms with Gasteiger partial charge >= 0.3 is 0 Å². The minimum Gasteiger partial charge on any atom is -0.381 e. The normalized spacial score (nSPS) is 26.7. The van der Waals surface area contributed by atoms with Crippen LogP contribution < -0.4 is 5.32 Å². The van der Waals surface area contributed by atoms with Gasteiger partial charge in [-0.25, -0.2) is 8.42 Å². The molecule has 3 aliphatic heterocycles. The molecule has 0 saturated carbocycles. The molecule has 0 aromatic heterocycles. The smallest absolute Gasteiger partial charge is 0.243 e. The van der Waals surface area contributed by atoms with E-state index in [4.69, 9.17) is 9.47 Å². The lowest BCUT2D eigenvalue weighted by atomic mass is 9.96. The van der Waals surface area contributed by atoms with E-state index in [0.717, 1.165) is 31.7 Å². The third-order valence-electron chi connectivity index (χ3n) is 6.64. The van der Waals surface area contributed by atoms with Gasteiger partial charge in [0.15, 0.2) is 0 Å². The van der Waals surface area contributed by atoms with Crippen LogP contribution in [-0.2, 0) is 24.3 Å². The van der Waals surface area contributed by atoms with Crippen molar-refractivity contribution in [3.8, 4) is 0 Å². The van der Waals surface area contributed by atoms with Crippen LogP contribution in [0.25, 0.3) is 0 Å². The molecule has 4 rings (SSSR count). The lowest BCUT2D eigenvalue weighted by molar-refractivity contribution is -0.124. The van der Waals surface area contributed by atoms with Crippen LogP contribution in [0.4, 0.5) is 0 Å². The summed E-state index contributed by atoms with van der Waals surface area (Å²) in [5.41, 5.74) is 1.000. The zero-order valence-electron chi connectivity index (χ0n) is 18.2. The van der Waals surface area contributed by atoms with E-state index >= 15 is 0 Å². The zero-order chi connectivity index (χ0) is 21.8. The van der Waals surface area contributed by atoms with Crippen molar-refractivity contribution in [1.82, 2.24) is 14.5 Å². The summed E-state index contributed by atoms with van der Waals surface area (Å²) < 4.78 is 38.8. The summed E-state index contributed by atoms with van der Waals surface area (Å²) >= 11 is 0. The van der Waals surface area contributed by atoms with Crippen molar-refractivity contribution in [3.05, 3.63) is 29.8 Å². The second kappa shape index (κ2) is 9.95. The number of rotatable bonds is 7. The molecule has 172 valence electrons. The Kier molecular flexibility index (Phi) is 7.28. The van der Waals surface area contributed by atoms with Gasteiger partial charge < -0.3 is 14.8 Å². The van der Waals surface area contributed by atoms with E-state index in [9.17, 15) is 13.2 Å². The number of sulfonamides is 1. The minimum atomic E-state index is -3.70. The van der Waals surface area contributed by atoms with Crippen LogP contribution in [0, 0.1) is 12.8 Å². The first-order valence-corrected chi connectivity index (χ1v) is 12.7. The Labute approximate surface area is 184 Å². The molecular formula is C22H33N3O5S. The van der Waals surface area contributed by atoms with Crippen LogP contribution in [0.2, 0.25) is 0 Å². The average molecular weight is 452 g/mol. The molecular weight excluding hydrogens is 418 g/mol. The number of ether oxygens (including phenoxy) is 2. The third-order valence-corrected chi connectivity index (χ3v) is 8.57. The first-order valence-electron chi connectivity index (χ1n) is 11.2. The van der Waals surface area contributed by atoms with Crippen LogP contribution in [0.1, 0.15) is 24.8 Å². The van der Waals surface area contributed by atoms with Crippen molar-refractivity contribution in [2.75, 3.05) is 52.6 Å². The van der Waals surface area contributed by atoms with Gasteiger partial charge in [-0.3, -0.25) is 9.69 Å². The first-order chi connectivity index (χ1) is 15.0. The molecule has 0 spiro atoms. The molecule has 3 aliphatic rings. The van der Waals surface area contributed by atoms with Crippen molar-refractivity contribution >= 4 is 15.9 Å². The van der Waals surface area contributed by atoms with Gasteiger partial charge in [-0.05, 0) is 38.3 Å². The highest BCUT2D eigenvalue weighted by Crippen LogP contribution is 2.27. The second-order valence-electron chi connectivity index (χ2n) is 8.67. The van der Waals surface area contributed by atoms with Crippen molar-refractivity contribution < 1.29 is 22.7 Å². The Bertz CT molecular complexity index is 848. The predicted octanol–water partition coefficient (Wildman–Crippen LogP) is 1.00.